The first-order chi connectivity index (χ1) is 9.61. The van der Waals surface area contributed by atoms with Crippen molar-refractivity contribution in [3.63, 3.8) is 0 Å². The van der Waals surface area contributed by atoms with Crippen LogP contribution >= 0.6 is 0 Å². The van der Waals surface area contributed by atoms with Crippen LogP contribution < -0.4 is 10.6 Å². The Morgan fingerprint density at radius 3 is 3.10 bits per heavy atom. The molecule has 0 spiro atoms. The summed E-state index contributed by atoms with van der Waals surface area (Å²) in [7, 11) is 0. The van der Waals surface area contributed by atoms with Gasteiger partial charge in [-0.15, -0.1) is 0 Å². The molecule has 5 nitrogen and oxygen atoms in total. The molecule has 1 unspecified atom stereocenters. The molecule has 1 heterocycles. The number of rotatable bonds is 3. The first kappa shape index (κ1) is 14.7. The van der Waals surface area contributed by atoms with Crippen molar-refractivity contribution in [2.45, 2.75) is 26.4 Å². The molecule has 0 bridgehead atoms. The number of ether oxygens (including phenoxy) is 2. The molecule has 5 heteroatoms. The van der Waals surface area contributed by atoms with E-state index in [1.165, 1.54) is 0 Å². The number of nitrogen functional groups attached to an aromatic ring is 1. The van der Waals surface area contributed by atoms with Crippen molar-refractivity contribution in [2.24, 2.45) is 0 Å². The van der Waals surface area contributed by atoms with Gasteiger partial charge in [0.15, 0.2) is 0 Å². The fourth-order valence-corrected chi connectivity index (χ4v) is 2.36. The lowest BCUT2D eigenvalue weighted by atomic mass is 10.1. The number of benzene rings is 1. The average Bonchev–Trinajstić information content (AvgIpc) is 2.64. The molecule has 1 atom stereocenters. The van der Waals surface area contributed by atoms with Crippen molar-refractivity contribution in [1.82, 2.24) is 0 Å². The van der Waals surface area contributed by atoms with Gasteiger partial charge in [-0.3, -0.25) is 0 Å². The maximum Gasteiger partial charge on any atom is 0.340 e. The van der Waals surface area contributed by atoms with Crippen LogP contribution in [-0.2, 0) is 9.47 Å². The van der Waals surface area contributed by atoms with E-state index in [2.05, 4.69) is 11.8 Å². The lowest BCUT2D eigenvalue weighted by molar-refractivity contribution is 0.0527. The first-order valence-corrected chi connectivity index (χ1v) is 7.05. The Morgan fingerprint density at radius 1 is 1.55 bits per heavy atom. The molecule has 1 aliphatic rings. The van der Waals surface area contributed by atoms with Gasteiger partial charge in [-0.1, -0.05) is 0 Å². The van der Waals surface area contributed by atoms with Gasteiger partial charge in [0.2, 0.25) is 0 Å². The number of carbonyl (C=O) groups is 1. The summed E-state index contributed by atoms with van der Waals surface area (Å²) < 4.78 is 10.7. The molecule has 2 rings (SSSR count). The Labute approximate surface area is 119 Å². The number of nitrogens with zero attached hydrogens (tertiary/aromatic N) is 1. The van der Waals surface area contributed by atoms with E-state index in [-0.39, 0.29) is 12.1 Å². The summed E-state index contributed by atoms with van der Waals surface area (Å²) in [6.07, 6.45) is 1.16. The molecule has 0 aromatic heterocycles. The van der Waals surface area contributed by atoms with Crippen molar-refractivity contribution >= 4 is 17.3 Å². The molecule has 0 aliphatic carbocycles. The van der Waals surface area contributed by atoms with Crippen LogP contribution in [0.4, 0.5) is 11.4 Å². The lowest BCUT2D eigenvalue weighted by Crippen LogP contribution is -2.30. The van der Waals surface area contributed by atoms with E-state index in [9.17, 15) is 4.79 Å². The summed E-state index contributed by atoms with van der Waals surface area (Å²) in [5.74, 6) is -0.369. The lowest BCUT2D eigenvalue weighted by Gasteiger charge is -2.25. The normalized spacial score (nSPS) is 19.5. The predicted molar refractivity (Wildman–Crippen MR) is 79.1 cm³/mol. The third kappa shape index (κ3) is 3.42. The highest BCUT2D eigenvalue weighted by Gasteiger charge is 2.18. The van der Waals surface area contributed by atoms with Gasteiger partial charge < -0.3 is 20.1 Å². The summed E-state index contributed by atoms with van der Waals surface area (Å²) >= 11 is 0. The highest BCUT2D eigenvalue weighted by Crippen LogP contribution is 2.24. The molecule has 1 aromatic carbocycles. The maximum absolute atomic E-state index is 11.9. The van der Waals surface area contributed by atoms with Crippen molar-refractivity contribution < 1.29 is 14.3 Å². The molecule has 0 amide bonds. The molecular formula is C15H22N2O3. The van der Waals surface area contributed by atoms with Crippen LogP contribution in [0.15, 0.2) is 18.2 Å². The van der Waals surface area contributed by atoms with E-state index in [4.69, 9.17) is 15.2 Å². The zero-order valence-electron chi connectivity index (χ0n) is 12.1. The monoisotopic (exact) mass is 278 g/mol. The molecule has 0 radical (unpaired) electrons. The van der Waals surface area contributed by atoms with E-state index < -0.39 is 0 Å². The van der Waals surface area contributed by atoms with Crippen LogP contribution in [0, 0.1) is 0 Å². The minimum Gasteiger partial charge on any atom is -0.462 e. The summed E-state index contributed by atoms with van der Waals surface area (Å²) in [5.41, 5.74) is 7.73. The van der Waals surface area contributed by atoms with Crippen molar-refractivity contribution in [3.8, 4) is 0 Å². The standard InChI is InChI=1S/C15H22N2O3/c1-3-19-15(18)13-9-12(5-6-14(13)16)17-7-4-8-20-11(2)10-17/h5-6,9,11H,3-4,7-8,10,16H2,1-2H3. The van der Waals surface area contributed by atoms with Crippen molar-refractivity contribution in [2.75, 3.05) is 36.9 Å². The minimum atomic E-state index is -0.369. The third-order valence-electron chi connectivity index (χ3n) is 3.35. The number of nitrogens with two attached hydrogens (primary N) is 1. The Morgan fingerprint density at radius 2 is 2.35 bits per heavy atom. The number of carbonyl (C=O) groups excluding carboxylic acids is 1. The van der Waals surface area contributed by atoms with Gasteiger partial charge in [-0.2, -0.15) is 0 Å². The average molecular weight is 278 g/mol. The zero-order valence-corrected chi connectivity index (χ0v) is 12.1. The van der Waals surface area contributed by atoms with Crippen LogP contribution in [-0.4, -0.2) is 38.4 Å². The van der Waals surface area contributed by atoms with Crippen molar-refractivity contribution in [3.05, 3.63) is 23.8 Å². The van der Waals surface area contributed by atoms with Crippen LogP contribution in [0.5, 0.6) is 0 Å². The van der Waals surface area contributed by atoms with E-state index in [0.29, 0.717) is 17.9 Å². The molecule has 110 valence electrons. The van der Waals surface area contributed by atoms with Crippen molar-refractivity contribution in [1.29, 1.82) is 0 Å². The summed E-state index contributed by atoms with van der Waals surface area (Å²) in [5, 5.41) is 0. The largest absolute Gasteiger partial charge is 0.462 e. The summed E-state index contributed by atoms with van der Waals surface area (Å²) in [6.45, 7) is 6.69. The van der Waals surface area contributed by atoms with E-state index in [0.717, 1.165) is 31.8 Å². The molecule has 1 aliphatic heterocycles. The molecular weight excluding hydrogens is 256 g/mol. The van der Waals surface area contributed by atoms with Crippen LogP contribution in [0.3, 0.4) is 0 Å². The van der Waals surface area contributed by atoms with Gasteiger partial charge in [-0.05, 0) is 38.5 Å². The Balaban J connectivity index is 2.23. The van der Waals surface area contributed by atoms with Crippen LogP contribution in [0.1, 0.15) is 30.6 Å². The minimum absolute atomic E-state index is 0.182. The van der Waals surface area contributed by atoms with Crippen LogP contribution in [0.2, 0.25) is 0 Å². The highest BCUT2D eigenvalue weighted by atomic mass is 16.5. The van der Waals surface area contributed by atoms with Gasteiger partial charge in [0.25, 0.3) is 0 Å². The second-order valence-corrected chi connectivity index (χ2v) is 4.97. The summed E-state index contributed by atoms with van der Waals surface area (Å²) in [4.78, 5) is 14.1. The van der Waals surface area contributed by atoms with Crippen LogP contribution in [0.25, 0.3) is 0 Å². The van der Waals surface area contributed by atoms with Gasteiger partial charge in [-0.25, -0.2) is 4.79 Å². The molecule has 2 N–H and O–H groups in total. The molecule has 1 aromatic rings. The van der Waals surface area contributed by atoms with Gasteiger partial charge >= 0.3 is 5.97 Å². The van der Waals surface area contributed by atoms with Gasteiger partial charge in [0.05, 0.1) is 18.3 Å². The van der Waals surface area contributed by atoms with E-state index in [1.807, 2.05) is 12.1 Å². The topological polar surface area (TPSA) is 64.8 Å². The molecule has 1 fully saturated rings. The Hall–Kier alpha value is -1.75. The van der Waals surface area contributed by atoms with E-state index >= 15 is 0 Å². The van der Waals surface area contributed by atoms with E-state index in [1.54, 1.807) is 13.0 Å². The smallest absolute Gasteiger partial charge is 0.340 e. The third-order valence-corrected chi connectivity index (χ3v) is 3.35. The number of hydrogen-bond donors (Lipinski definition) is 1. The summed E-state index contributed by atoms with van der Waals surface area (Å²) in [6, 6.07) is 5.51. The fourth-order valence-electron chi connectivity index (χ4n) is 2.36. The van der Waals surface area contributed by atoms with Gasteiger partial charge in [0.1, 0.15) is 0 Å². The second kappa shape index (κ2) is 6.61. The molecule has 1 saturated heterocycles. The second-order valence-electron chi connectivity index (χ2n) is 4.97. The molecule has 20 heavy (non-hydrogen) atoms. The SMILES string of the molecule is CCOC(=O)c1cc(N2CCCOC(C)C2)ccc1N. The quantitative estimate of drug-likeness (QED) is 0.677. The number of anilines is 2. The maximum atomic E-state index is 11.9. The Kier molecular flexibility index (Phi) is 4.84. The Bertz CT molecular complexity index is 476. The predicted octanol–water partition coefficient (Wildman–Crippen LogP) is 2.06. The zero-order chi connectivity index (χ0) is 14.5. The fraction of sp³-hybridized carbons (Fsp3) is 0.533. The number of esters is 1. The van der Waals surface area contributed by atoms with Gasteiger partial charge in [0, 0.05) is 31.1 Å². The molecule has 0 saturated carbocycles. The number of hydrogen-bond acceptors (Lipinski definition) is 5. The first-order valence-electron chi connectivity index (χ1n) is 7.05. The highest BCUT2D eigenvalue weighted by molar-refractivity contribution is 5.96.